The highest BCUT2D eigenvalue weighted by atomic mass is 32.2. The van der Waals surface area contributed by atoms with Crippen molar-refractivity contribution in [3.8, 4) is 0 Å². The number of sulfonamides is 1. The lowest BCUT2D eigenvalue weighted by Crippen LogP contribution is -2.21. The Morgan fingerprint density at radius 3 is 2.52 bits per heavy atom. The molecule has 1 N–H and O–H groups in total. The summed E-state index contributed by atoms with van der Waals surface area (Å²) in [6.07, 6.45) is 3.47. The summed E-state index contributed by atoms with van der Waals surface area (Å²) in [5.41, 5.74) is -0.149. The van der Waals surface area contributed by atoms with Crippen molar-refractivity contribution in [3.05, 3.63) is 66.4 Å². The van der Waals surface area contributed by atoms with Crippen molar-refractivity contribution >= 4 is 21.5 Å². The first-order chi connectivity index (χ1) is 13.7. The second kappa shape index (κ2) is 8.07. The molecule has 0 spiro atoms. The molecule has 154 valence electrons. The summed E-state index contributed by atoms with van der Waals surface area (Å²) < 4.78 is 79.6. The molecule has 1 aromatic carbocycles. The topological polar surface area (TPSA) is 80.1 Å². The lowest BCUT2D eigenvalue weighted by Gasteiger charge is -2.18. The smallest absolute Gasteiger partial charge is 0.319 e. The van der Waals surface area contributed by atoms with E-state index in [1.807, 2.05) is 0 Å². The van der Waals surface area contributed by atoms with Gasteiger partial charge in [-0.25, -0.2) is 27.2 Å². The maximum atomic E-state index is 13.3. The Morgan fingerprint density at radius 2 is 1.90 bits per heavy atom. The first kappa shape index (κ1) is 20.6. The van der Waals surface area contributed by atoms with Crippen LogP contribution in [0.15, 0.2) is 53.8 Å². The molecule has 2 heterocycles. The zero-order valence-electron chi connectivity index (χ0n) is 14.9. The van der Waals surface area contributed by atoms with Crippen LogP contribution in [0.3, 0.4) is 0 Å². The molecular weight excluding hydrogens is 414 g/mol. The number of benzene rings is 1. The van der Waals surface area contributed by atoms with E-state index in [-0.39, 0.29) is 23.0 Å². The molecule has 0 saturated heterocycles. The summed E-state index contributed by atoms with van der Waals surface area (Å²) in [4.78, 5) is 9.19. The average Bonchev–Trinajstić information content (AvgIpc) is 3.13. The number of hydrogen-bond donors (Lipinski definition) is 1. The van der Waals surface area contributed by atoms with Crippen LogP contribution in [0, 0.1) is 11.6 Å². The predicted molar refractivity (Wildman–Crippen MR) is 97.0 cm³/mol. The first-order valence-corrected chi connectivity index (χ1v) is 9.60. The van der Waals surface area contributed by atoms with Crippen LogP contribution >= 0.6 is 0 Å². The van der Waals surface area contributed by atoms with Crippen LogP contribution in [-0.4, -0.2) is 30.0 Å². The van der Waals surface area contributed by atoms with Crippen LogP contribution in [0.5, 0.6) is 0 Å². The quantitative estimate of drug-likeness (QED) is 0.583. The molecule has 0 bridgehead atoms. The van der Waals surface area contributed by atoms with Crippen molar-refractivity contribution in [1.29, 1.82) is 0 Å². The van der Waals surface area contributed by atoms with E-state index in [1.165, 1.54) is 23.2 Å². The molecule has 2 aromatic heterocycles. The second-order valence-electron chi connectivity index (χ2n) is 5.97. The minimum atomic E-state index is -4.09. The van der Waals surface area contributed by atoms with Crippen molar-refractivity contribution in [1.82, 2.24) is 14.5 Å². The molecule has 7 nitrogen and oxygen atoms in total. The van der Waals surface area contributed by atoms with Crippen molar-refractivity contribution in [2.75, 3.05) is 16.7 Å². The average molecular weight is 429 g/mol. The molecule has 3 rings (SSSR count). The summed E-state index contributed by atoms with van der Waals surface area (Å²) in [6.45, 7) is -2.72. The Hall–Kier alpha value is -3.15. The molecule has 0 aliphatic heterocycles. The fourth-order valence-corrected chi connectivity index (χ4v) is 3.46. The van der Waals surface area contributed by atoms with Gasteiger partial charge in [-0.1, -0.05) is 0 Å². The summed E-state index contributed by atoms with van der Waals surface area (Å²) in [5.74, 6) is -1.86. The molecule has 0 unspecified atom stereocenters. The molecule has 0 aliphatic rings. The molecule has 0 amide bonds. The van der Waals surface area contributed by atoms with E-state index >= 15 is 0 Å². The number of halogens is 4. The molecule has 0 fully saturated rings. The molecular formula is C17H15F4N5O2S. The van der Waals surface area contributed by atoms with Gasteiger partial charge in [0.15, 0.2) is 11.6 Å². The number of hydrogen-bond acceptors (Lipinski definition) is 5. The van der Waals surface area contributed by atoms with Gasteiger partial charge in [-0.2, -0.15) is 8.78 Å². The predicted octanol–water partition coefficient (Wildman–Crippen LogP) is 3.39. The summed E-state index contributed by atoms with van der Waals surface area (Å²) in [7, 11) is -2.51. The van der Waals surface area contributed by atoms with Crippen LogP contribution in [0.1, 0.15) is 12.4 Å². The third kappa shape index (κ3) is 4.65. The Bertz CT molecular complexity index is 1100. The summed E-state index contributed by atoms with van der Waals surface area (Å²) in [5, 5.41) is 0. The third-order valence-corrected chi connectivity index (χ3v) is 5.30. The van der Waals surface area contributed by atoms with Crippen LogP contribution in [0.4, 0.5) is 29.1 Å². The van der Waals surface area contributed by atoms with Crippen LogP contribution in [0.2, 0.25) is 0 Å². The third-order valence-electron chi connectivity index (χ3n) is 3.93. The summed E-state index contributed by atoms with van der Waals surface area (Å²) >= 11 is 0. The van der Waals surface area contributed by atoms with Gasteiger partial charge in [0.1, 0.15) is 16.5 Å². The standard InChI is InChI=1S/C17H15F4N5O2S/c1-25(10-16-22-6-7-26(16)17(20)21)15-5-3-12(9-23-15)29(27,28)24-11-2-4-13(18)14(19)8-11/h2-9,17,24H,10H2,1H3. The van der Waals surface area contributed by atoms with Crippen molar-refractivity contribution in [3.63, 3.8) is 0 Å². The Balaban J connectivity index is 1.74. The van der Waals surface area contributed by atoms with Crippen LogP contribution in [0.25, 0.3) is 0 Å². The zero-order chi connectivity index (χ0) is 21.2. The van der Waals surface area contributed by atoms with Gasteiger partial charge < -0.3 is 4.90 Å². The maximum absolute atomic E-state index is 13.3. The van der Waals surface area contributed by atoms with E-state index in [4.69, 9.17) is 0 Å². The largest absolute Gasteiger partial charge is 0.352 e. The molecule has 3 aromatic rings. The van der Waals surface area contributed by atoms with E-state index in [9.17, 15) is 26.0 Å². The SMILES string of the molecule is CN(Cc1nccn1C(F)F)c1ccc(S(=O)(=O)Nc2ccc(F)c(F)c2)cn1. The highest BCUT2D eigenvalue weighted by Crippen LogP contribution is 2.21. The van der Waals surface area contributed by atoms with E-state index in [2.05, 4.69) is 14.7 Å². The maximum Gasteiger partial charge on any atom is 0.319 e. The van der Waals surface area contributed by atoms with E-state index in [1.54, 1.807) is 7.05 Å². The van der Waals surface area contributed by atoms with Gasteiger partial charge in [0.05, 0.1) is 12.2 Å². The van der Waals surface area contributed by atoms with Crippen molar-refractivity contribution in [2.24, 2.45) is 0 Å². The second-order valence-corrected chi connectivity index (χ2v) is 7.65. The highest BCUT2D eigenvalue weighted by molar-refractivity contribution is 7.92. The van der Waals surface area contributed by atoms with E-state index in [0.29, 0.717) is 16.5 Å². The number of alkyl halides is 2. The number of anilines is 2. The number of nitrogens with one attached hydrogen (secondary N) is 1. The van der Waals surface area contributed by atoms with Crippen LogP contribution < -0.4 is 9.62 Å². The number of nitrogens with zero attached hydrogens (tertiary/aromatic N) is 4. The van der Waals surface area contributed by atoms with Gasteiger partial charge in [-0.05, 0) is 24.3 Å². The van der Waals surface area contributed by atoms with Crippen molar-refractivity contribution in [2.45, 2.75) is 18.0 Å². The molecule has 0 saturated carbocycles. The van der Waals surface area contributed by atoms with Gasteiger partial charge >= 0.3 is 6.55 Å². The number of aromatic nitrogens is 3. The van der Waals surface area contributed by atoms with Gasteiger partial charge in [-0.15, -0.1) is 0 Å². The lowest BCUT2D eigenvalue weighted by molar-refractivity contribution is 0.0670. The van der Waals surface area contributed by atoms with Crippen molar-refractivity contribution < 1.29 is 26.0 Å². The molecule has 0 radical (unpaired) electrons. The van der Waals surface area contributed by atoms with E-state index in [0.717, 1.165) is 24.5 Å². The minimum Gasteiger partial charge on any atom is -0.352 e. The molecule has 0 atom stereocenters. The number of rotatable bonds is 7. The zero-order valence-corrected chi connectivity index (χ0v) is 15.7. The number of pyridine rings is 1. The minimum absolute atomic E-state index is 0.0174. The van der Waals surface area contributed by atoms with Crippen LogP contribution in [-0.2, 0) is 16.6 Å². The summed E-state index contributed by atoms with van der Waals surface area (Å²) in [6, 6.07) is 5.23. The number of imidazole rings is 1. The van der Waals surface area contributed by atoms with Gasteiger partial charge in [0.25, 0.3) is 10.0 Å². The Kier molecular flexibility index (Phi) is 5.73. The molecule has 29 heavy (non-hydrogen) atoms. The fraction of sp³-hybridized carbons (Fsp3) is 0.176. The van der Waals surface area contributed by atoms with Gasteiger partial charge in [0, 0.05) is 31.7 Å². The lowest BCUT2D eigenvalue weighted by atomic mass is 10.3. The Labute approximate surface area is 163 Å². The highest BCUT2D eigenvalue weighted by Gasteiger charge is 2.18. The van der Waals surface area contributed by atoms with Gasteiger partial charge in [0.2, 0.25) is 0 Å². The Morgan fingerprint density at radius 1 is 1.14 bits per heavy atom. The van der Waals surface area contributed by atoms with Gasteiger partial charge in [-0.3, -0.25) is 9.29 Å². The fourth-order valence-electron chi connectivity index (χ4n) is 2.47. The first-order valence-electron chi connectivity index (χ1n) is 8.12. The molecule has 0 aliphatic carbocycles. The molecule has 12 heteroatoms. The monoisotopic (exact) mass is 429 g/mol. The van der Waals surface area contributed by atoms with E-state index < -0.39 is 28.2 Å². The normalized spacial score (nSPS) is 11.7.